The molecule has 0 aliphatic rings. The number of rotatable bonds is 4. The number of carbonyl (C=O) groups excluding carboxylic acids is 1. The van der Waals surface area contributed by atoms with E-state index in [4.69, 9.17) is 16.7 Å². The van der Waals surface area contributed by atoms with Crippen molar-refractivity contribution in [2.45, 2.75) is 0 Å². The predicted octanol–water partition coefficient (Wildman–Crippen LogP) is 1.63. The number of alkyl halides is 1. The van der Waals surface area contributed by atoms with E-state index >= 15 is 0 Å². The van der Waals surface area contributed by atoms with Gasteiger partial charge in [-0.25, -0.2) is 4.39 Å². The van der Waals surface area contributed by atoms with Gasteiger partial charge in [0.15, 0.2) is 6.67 Å². The number of amides is 1. The summed E-state index contributed by atoms with van der Waals surface area (Å²) in [5, 5.41) is 9.29. The number of benzene rings is 1. The number of hydrogen-bond acceptors (Lipinski definition) is 2. The van der Waals surface area contributed by atoms with Crippen molar-refractivity contribution in [1.82, 2.24) is 0 Å². The Kier molecular flexibility index (Phi) is 4.52. The van der Waals surface area contributed by atoms with Gasteiger partial charge in [-0.1, -0.05) is 11.6 Å². The van der Waals surface area contributed by atoms with Crippen LogP contribution in [0, 0.1) is 0 Å². The summed E-state index contributed by atoms with van der Waals surface area (Å²) in [5.41, 5.74) is 0.524. The Morgan fingerprint density at radius 1 is 1.40 bits per heavy atom. The summed E-state index contributed by atoms with van der Waals surface area (Å²) in [5.74, 6) is -0.675. The average Bonchev–Trinajstić information content (AvgIpc) is 2.26. The first-order chi connectivity index (χ1) is 7.19. The molecule has 5 heteroatoms. The lowest BCUT2D eigenvalue weighted by atomic mass is 10.3. The second kappa shape index (κ2) is 5.68. The van der Waals surface area contributed by atoms with Gasteiger partial charge in [0.1, 0.15) is 0 Å². The fourth-order valence-corrected chi connectivity index (χ4v) is 1.32. The Hall–Kier alpha value is -1.13. The van der Waals surface area contributed by atoms with Crippen molar-refractivity contribution in [1.29, 1.82) is 0 Å². The quantitative estimate of drug-likeness (QED) is 0.856. The molecule has 15 heavy (non-hydrogen) atoms. The average molecular weight is 232 g/mol. The first kappa shape index (κ1) is 11.9. The molecule has 0 heterocycles. The zero-order valence-electron chi connectivity index (χ0n) is 7.99. The maximum Gasteiger partial charge on any atom is 0.258 e. The van der Waals surface area contributed by atoms with Crippen LogP contribution in [0.25, 0.3) is 0 Å². The summed E-state index contributed by atoms with van der Waals surface area (Å²) < 4.78 is 12.2. The SMILES string of the molecule is O=C(CF)N(CCO)c1ccc(Cl)cc1. The molecular formula is C10H11ClFNO2. The minimum atomic E-state index is -1.08. The normalized spacial score (nSPS) is 10.1. The van der Waals surface area contributed by atoms with E-state index in [0.29, 0.717) is 10.7 Å². The standard InChI is InChI=1S/C10H11ClFNO2/c11-8-1-3-9(4-2-8)13(5-6-14)10(15)7-12/h1-4,14H,5-7H2. The lowest BCUT2D eigenvalue weighted by molar-refractivity contribution is -0.119. The minimum Gasteiger partial charge on any atom is -0.395 e. The third-order valence-electron chi connectivity index (χ3n) is 1.88. The van der Waals surface area contributed by atoms with Crippen molar-refractivity contribution in [3.8, 4) is 0 Å². The zero-order valence-corrected chi connectivity index (χ0v) is 8.75. The summed E-state index contributed by atoms with van der Waals surface area (Å²) in [6.07, 6.45) is 0. The van der Waals surface area contributed by atoms with Crippen LogP contribution < -0.4 is 4.90 Å². The van der Waals surface area contributed by atoms with Crippen molar-refractivity contribution < 1.29 is 14.3 Å². The fraction of sp³-hybridized carbons (Fsp3) is 0.300. The molecule has 1 amide bonds. The van der Waals surface area contributed by atoms with Crippen LogP contribution in [0.4, 0.5) is 10.1 Å². The molecular weight excluding hydrogens is 221 g/mol. The molecule has 1 aromatic rings. The fourth-order valence-electron chi connectivity index (χ4n) is 1.19. The maximum atomic E-state index is 12.2. The van der Waals surface area contributed by atoms with Gasteiger partial charge in [-0.3, -0.25) is 4.79 Å². The van der Waals surface area contributed by atoms with Crippen molar-refractivity contribution in [2.24, 2.45) is 0 Å². The van der Waals surface area contributed by atoms with Crippen LogP contribution in [-0.2, 0) is 4.79 Å². The number of carbonyl (C=O) groups is 1. The summed E-state index contributed by atoms with van der Waals surface area (Å²) in [6.45, 7) is -1.22. The molecule has 0 fully saturated rings. The summed E-state index contributed by atoms with van der Waals surface area (Å²) >= 11 is 5.68. The van der Waals surface area contributed by atoms with Gasteiger partial charge in [-0.05, 0) is 24.3 Å². The Balaban J connectivity index is 2.88. The molecule has 0 unspecified atom stereocenters. The van der Waals surface area contributed by atoms with Gasteiger partial charge in [0, 0.05) is 17.3 Å². The molecule has 82 valence electrons. The van der Waals surface area contributed by atoms with Crippen LogP contribution in [0.3, 0.4) is 0 Å². The molecule has 1 rings (SSSR count). The second-order valence-corrected chi connectivity index (χ2v) is 3.32. The minimum absolute atomic E-state index is 0.0738. The third-order valence-corrected chi connectivity index (χ3v) is 2.13. The molecule has 0 atom stereocenters. The number of hydrogen-bond donors (Lipinski definition) is 1. The Morgan fingerprint density at radius 3 is 2.47 bits per heavy atom. The van der Waals surface area contributed by atoms with Crippen molar-refractivity contribution in [3.63, 3.8) is 0 Å². The monoisotopic (exact) mass is 231 g/mol. The van der Waals surface area contributed by atoms with Crippen molar-refractivity contribution in [2.75, 3.05) is 24.7 Å². The molecule has 0 bridgehead atoms. The van der Waals surface area contributed by atoms with Crippen LogP contribution in [0.2, 0.25) is 5.02 Å². The highest BCUT2D eigenvalue weighted by molar-refractivity contribution is 6.30. The van der Waals surface area contributed by atoms with E-state index < -0.39 is 12.6 Å². The molecule has 0 aliphatic heterocycles. The Morgan fingerprint density at radius 2 is 2.00 bits per heavy atom. The van der Waals surface area contributed by atoms with Crippen LogP contribution in [0.15, 0.2) is 24.3 Å². The van der Waals surface area contributed by atoms with Gasteiger partial charge < -0.3 is 10.0 Å². The molecule has 0 spiro atoms. The smallest absolute Gasteiger partial charge is 0.258 e. The first-order valence-electron chi connectivity index (χ1n) is 4.41. The summed E-state index contributed by atoms with van der Waals surface area (Å²) in [6, 6.07) is 6.41. The van der Waals surface area contributed by atoms with E-state index in [2.05, 4.69) is 0 Å². The van der Waals surface area contributed by atoms with E-state index in [-0.39, 0.29) is 13.2 Å². The van der Waals surface area contributed by atoms with E-state index in [1.165, 1.54) is 4.90 Å². The van der Waals surface area contributed by atoms with Crippen LogP contribution in [0.5, 0.6) is 0 Å². The van der Waals surface area contributed by atoms with Crippen molar-refractivity contribution in [3.05, 3.63) is 29.3 Å². The number of aliphatic hydroxyl groups is 1. The zero-order chi connectivity index (χ0) is 11.3. The molecule has 1 N–H and O–H groups in total. The predicted molar refractivity (Wildman–Crippen MR) is 56.9 cm³/mol. The van der Waals surface area contributed by atoms with Crippen LogP contribution in [-0.4, -0.2) is 30.8 Å². The number of nitrogens with zero attached hydrogens (tertiary/aromatic N) is 1. The van der Waals surface area contributed by atoms with Crippen LogP contribution >= 0.6 is 11.6 Å². The Labute approximate surface area is 92.1 Å². The molecule has 1 aromatic carbocycles. The molecule has 0 aromatic heterocycles. The van der Waals surface area contributed by atoms with Crippen molar-refractivity contribution >= 4 is 23.2 Å². The lowest BCUT2D eigenvalue weighted by Gasteiger charge is -2.20. The van der Waals surface area contributed by atoms with Gasteiger partial charge in [0.05, 0.1) is 6.61 Å². The highest BCUT2D eigenvalue weighted by atomic mass is 35.5. The topological polar surface area (TPSA) is 40.5 Å². The third kappa shape index (κ3) is 3.18. The van der Waals surface area contributed by atoms with Gasteiger partial charge in [0.2, 0.25) is 0 Å². The molecule has 3 nitrogen and oxygen atoms in total. The number of halogens is 2. The van der Waals surface area contributed by atoms with Crippen LogP contribution in [0.1, 0.15) is 0 Å². The number of anilines is 1. The highest BCUT2D eigenvalue weighted by Gasteiger charge is 2.14. The largest absolute Gasteiger partial charge is 0.395 e. The number of aliphatic hydroxyl groups excluding tert-OH is 1. The Bertz CT molecular complexity index is 329. The molecule has 0 saturated heterocycles. The highest BCUT2D eigenvalue weighted by Crippen LogP contribution is 2.17. The van der Waals surface area contributed by atoms with E-state index in [0.717, 1.165) is 0 Å². The van der Waals surface area contributed by atoms with Gasteiger partial charge in [-0.15, -0.1) is 0 Å². The molecule has 0 radical (unpaired) electrons. The lowest BCUT2D eigenvalue weighted by Crippen LogP contribution is -2.34. The summed E-state index contributed by atoms with van der Waals surface area (Å²) in [4.78, 5) is 12.4. The first-order valence-corrected chi connectivity index (χ1v) is 4.79. The van der Waals surface area contributed by atoms with E-state index in [1.807, 2.05) is 0 Å². The van der Waals surface area contributed by atoms with Gasteiger partial charge >= 0.3 is 0 Å². The van der Waals surface area contributed by atoms with Gasteiger partial charge in [-0.2, -0.15) is 0 Å². The second-order valence-electron chi connectivity index (χ2n) is 2.88. The molecule has 0 aliphatic carbocycles. The molecule has 0 saturated carbocycles. The van der Waals surface area contributed by atoms with Gasteiger partial charge in [0.25, 0.3) is 5.91 Å². The maximum absolute atomic E-state index is 12.2. The van der Waals surface area contributed by atoms with E-state index in [1.54, 1.807) is 24.3 Å². The van der Waals surface area contributed by atoms with E-state index in [9.17, 15) is 9.18 Å². The summed E-state index contributed by atoms with van der Waals surface area (Å²) in [7, 11) is 0.